The molecule has 3 N–H and O–H groups in total. The minimum absolute atomic E-state index is 0.0434. The molecule has 2 unspecified atom stereocenters. The maximum Gasteiger partial charge on any atom is 0.338 e. The summed E-state index contributed by atoms with van der Waals surface area (Å²) in [4.78, 5) is 13.2. The first-order valence-corrected chi connectivity index (χ1v) is 17.2. The lowest BCUT2D eigenvalue weighted by Gasteiger charge is -2.64. The molecule has 0 aromatic heterocycles. The smallest absolute Gasteiger partial charge is 0.338 e. The standard InChI is InChI=1S/C38H56O6/c1-34(2)28-13-16-36(5)21-22-9-11-27-35(3,4)31(44-33(42)23-19-25(39)32(41)26(40)20-23)15-17-37(27,6)24(22)10-12-29(36)38(28,7)18-14-30(34)43-8/h9,19-20,24,27-31,39-41H,10-18,21H2,1-8H3/t24-,27-,28?,29?,30-,31+,36-,37+,38-/m0/s1. The van der Waals surface area contributed by atoms with Gasteiger partial charge in [0, 0.05) is 12.5 Å². The van der Waals surface area contributed by atoms with Gasteiger partial charge in [-0.1, -0.05) is 60.1 Å². The summed E-state index contributed by atoms with van der Waals surface area (Å²) in [5.41, 5.74) is 2.49. The van der Waals surface area contributed by atoms with Crippen molar-refractivity contribution in [1.29, 1.82) is 0 Å². The van der Waals surface area contributed by atoms with Crippen molar-refractivity contribution in [2.24, 2.45) is 50.7 Å². The fourth-order valence-corrected chi connectivity index (χ4v) is 12.5. The predicted octanol–water partition coefficient (Wildman–Crippen LogP) is 8.78. The Kier molecular flexibility index (Phi) is 7.51. The molecule has 1 aromatic carbocycles. The molecular formula is C38H56O6. The first-order valence-electron chi connectivity index (χ1n) is 17.2. The molecule has 0 radical (unpaired) electrons. The molecule has 0 bridgehead atoms. The zero-order valence-electron chi connectivity index (χ0n) is 28.3. The molecule has 6 nitrogen and oxygen atoms in total. The number of benzene rings is 1. The van der Waals surface area contributed by atoms with Gasteiger partial charge in [0.1, 0.15) is 6.10 Å². The molecule has 5 aliphatic rings. The van der Waals surface area contributed by atoms with E-state index in [0.717, 1.165) is 37.8 Å². The topological polar surface area (TPSA) is 96.2 Å². The highest BCUT2D eigenvalue weighted by atomic mass is 16.5. The number of esters is 1. The number of rotatable bonds is 3. The summed E-state index contributed by atoms with van der Waals surface area (Å²) in [6.45, 7) is 17.2. The molecule has 44 heavy (non-hydrogen) atoms. The molecule has 0 heterocycles. The van der Waals surface area contributed by atoms with Gasteiger partial charge in [0.2, 0.25) is 0 Å². The Morgan fingerprint density at radius 2 is 1.36 bits per heavy atom. The largest absolute Gasteiger partial charge is 0.504 e. The molecule has 0 aliphatic heterocycles. The average molecular weight is 609 g/mol. The van der Waals surface area contributed by atoms with E-state index in [1.165, 1.54) is 38.5 Å². The van der Waals surface area contributed by atoms with E-state index in [4.69, 9.17) is 9.47 Å². The van der Waals surface area contributed by atoms with E-state index in [-0.39, 0.29) is 27.9 Å². The summed E-state index contributed by atoms with van der Waals surface area (Å²) in [5.74, 6) is 0.0533. The molecule has 9 atom stereocenters. The minimum atomic E-state index is -0.631. The van der Waals surface area contributed by atoms with Crippen molar-refractivity contribution in [2.75, 3.05) is 7.11 Å². The van der Waals surface area contributed by atoms with Crippen molar-refractivity contribution in [3.05, 3.63) is 29.3 Å². The molecule has 5 aliphatic carbocycles. The number of aromatic hydroxyl groups is 3. The molecule has 1 aromatic rings. The van der Waals surface area contributed by atoms with Crippen LogP contribution in [-0.2, 0) is 9.47 Å². The van der Waals surface area contributed by atoms with Gasteiger partial charge in [-0.15, -0.1) is 0 Å². The Labute approximate surface area is 264 Å². The summed E-state index contributed by atoms with van der Waals surface area (Å²) in [6.07, 6.45) is 14.2. The van der Waals surface area contributed by atoms with Crippen LogP contribution in [0.5, 0.6) is 17.2 Å². The second-order valence-corrected chi connectivity index (χ2v) is 17.4. The lowest BCUT2D eigenvalue weighted by Crippen LogP contribution is -2.58. The monoisotopic (exact) mass is 608 g/mol. The Hall–Kier alpha value is -2.21. The molecule has 0 saturated heterocycles. The third-order valence-corrected chi connectivity index (χ3v) is 14.6. The first-order chi connectivity index (χ1) is 20.5. The molecule has 0 amide bonds. The summed E-state index contributed by atoms with van der Waals surface area (Å²) >= 11 is 0. The molecule has 4 saturated carbocycles. The molecule has 244 valence electrons. The van der Waals surface area contributed by atoms with E-state index in [1.54, 1.807) is 5.57 Å². The van der Waals surface area contributed by atoms with Crippen molar-refractivity contribution in [2.45, 2.75) is 125 Å². The van der Waals surface area contributed by atoms with Crippen molar-refractivity contribution in [3.63, 3.8) is 0 Å². The molecule has 4 fully saturated rings. The molecular weight excluding hydrogens is 552 g/mol. The normalized spacial score (nSPS) is 42.4. The highest BCUT2D eigenvalue weighted by Gasteiger charge is 2.63. The van der Waals surface area contributed by atoms with Gasteiger partial charge in [-0.2, -0.15) is 0 Å². The summed E-state index contributed by atoms with van der Waals surface area (Å²) < 4.78 is 12.2. The zero-order valence-corrected chi connectivity index (χ0v) is 28.3. The lowest BCUT2D eigenvalue weighted by atomic mass is 9.42. The maximum absolute atomic E-state index is 13.2. The van der Waals surface area contributed by atoms with Crippen LogP contribution in [0.25, 0.3) is 0 Å². The van der Waals surface area contributed by atoms with E-state index < -0.39 is 23.2 Å². The van der Waals surface area contributed by atoms with Crippen LogP contribution in [0.1, 0.15) is 123 Å². The van der Waals surface area contributed by atoms with Gasteiger partial charge in [0.05, 0.1) is 11.7 Å². The van der Waals surface area contributed by atoms with Crippen LogP contribution >= 0.6 is 0 Å². The fourth-order valence-electron chi connectivity index (χ4n) is 12.5. The van der Waals surface area contributed by atoms with Crippen LogP contribution in [0, 0.1) is 50.7 Å². The van der Waals surface area contributed by atoms with Gasteiger partial charge >= 0.3 is 5.97 Å². The second-order valence-electron chi connectivity index (χ2n) is 17.4. The van der Waals surface area contributed by atoms with E-state index in [0.29, 0.717) is 40.6 Å². The zero-order chi connectivity index (χ0) is 32.0. The third kappa shape index (κ3) is 4.54. The number of hydrogen-bond acceptors (Lipinski definition) is 6. The number of phenols is 3. The summed E-state index contributed by atoms with van der Waals surface area (Å²) in [5, 5.41) is 29.6. The fraction of sp³-hybridized carbons (Fsp3) is 0.763. The van der Waals surface area contributed by atoms with Crippen molar-refractivity contribution >= 4 is 5.97 Å². The predicted molar refractivity (Wildman–Crippen MR) is 172 cm³/mol. The summed E-state index contributed by atoms with van der Waals surface area (Å²) in [7, 11) is 1.90. The molecule has 6 heteroatoms. The van der Waals surface area contributed by atoms with Crippen LogP contribution in [0.15, 0.2) is 23.8 Å². The van der Waals surface area contributed by atoms with Gasteiger partial charge in [0.15, 0.2) is 17.2 Å². The van der Waals surface area contributed by atoms with Gasteiger partial charge in [-0.25, -0.2) is 4.79 Å². The highest BCUT2D eigenvalue weighted by Crippen LogP contribution is 2.70. The number of methoxy groups -OCH3 is 1. The Balaban J connectivity index is 1.25. The molecule has 6 rings (SSSR count). The quantitative estimate of drug-likeness (QED) is 0.180. The van der Waals surface area contributed by atoms with E-state index in [2.05, 4.69) is 54.5 Å². The SMILES string of the molecule is CO[C@H]1CC[C@@]2(C)C(CC[C@@]3(C)CC4=CC[C@H]5C(C)(C)[C@H](OC(=O)c6cc(O)c(O)c(O)c6)CC[C@]5(C)[C@H]4CCC32)C1(C)C. The number of carbonyl (C=O) groups is 1. The average Bonchev–Trinajstić information content (AvgIpc) is 3.10. The van der Waals surface area contributed by atoms with Gasteiger partial charge in [0.25, 0.3) is 0 Å². The van der Waals surface area contributed by atoms with Crippen LogP contribution in [0.3, 0.4) is 0 Å². The van der Waals surface area contributed by atoms with E-state index in [1.807, 2.05) is 7.11 Å². The van der Waals surface area contributed by atoms with Gasteiger partial charge in [-0.05, 0) is 122 Å². The van der Waals surface area contributed by atoms with Crippen molar-refractivity contribution < 1.29 is 29.6 Å². The minimum Gasteiger partial charge on any atom is -0.504 e. The Morgan fingerprint density at radius 1 is 0.750 bits per heavy atom. The number of carbonyl (C=O) groups excluding carboxylic acids is 1. The Bertz CT molecular complexity index is 1320. The molecule has 0 spiro atoms. The first kappa shape index (κ1) is 31.8. The number of hydrogen-bond donors (Lipinski definition) is 3. The van der Waals surface area contributed by atoms with Crippen LogP contribution < -0.4 is 0 Å². The lowest BCUT2D eigenvalue weighted by molar-refractivity contribution is -0.178. The summed E-state index contributed by atoms with van der Waals surface area (Å²) in [6, 6.07) is 2.32. The van der Waals surface area contributed by atoms with E-state index in [9.17, 15) is 20.1 Å². The number of ether oxygens (including phenoxy) is 2. The van der Waals surface area contributed by atoms with Crippen molar-refractivity contribution in [1.82, 2.24) is 0 Å². The highest BCUT2D eigenvalue weighted by molar-refractivity contribution is 5.91. The third-order valence-electron chi connectivity index (χ3n) is 14.6. The number of fused-ring (bicyclic) bond motifs is 6. The van der Waals surface area contributed by atoms with Crippen LogP contribution in [0.4, 0.5) is 0 Å². The van der Waals surface area contributed by atoms with Gasteiger partial charge in [-0.3, -0.25) is 0 Å². The Morgan fingerprint density at radius 3 is 2.02 bits per heavy atom. The van der Waals surface area contributed by atoms with Crippen molar-refractivity contribution in [3.8, 4) is 17.2 Å². The second kappa shape index (κ2) is 10.4. The maximum atomic E-state index is 13.2. The number of allylic oxidation sites excluding steroid dienone is 2. The van der Waals surface area contributed by atoms with Crippen LogP contribution in [-0.4, -0.2) is 40.6 Å². The number of phenolic OH excluding ortho intramolecular Hbond substituents is 3. The van der Waals surface area contributed by atoms with Gasteiger partial charge < -0.3 is 24.8 Å². The van der Waals surface area contributed by atoms with E-state index >= 15 is 0 Å². The van der Waals surface area contributed by atoms with Crippen LogP contribution in [0.2, 0.25) is 0 Å².